The van der Waals surface area contributed by atoms with Gasteiger partial charge in [-0.25, -0.2) is 0 Å². The minimum absolute atomic E-state index is 0.110. The molecule has 0 bridgehead atoms. The number of imide groups is 1. The summed E-state index contributed by atoms with van der Waals surface area (Å²) in [6, 6.07) is 19.4. The van der Waals surface area contributed by atoms with Crippen molar-refractivity contribution < 1.29 is 19.3 Å². The number of fused-ring (bicyclic) bond motifs is 1. The van der Waals surface area contributed by atoms with Crippen LogP contribution >= 0.6 is 35.1 Å². The van der Waals surface area contributed by atoms with Crippen LogP contribution in [-0.2, 0) is 22.6 Å². The highest BCUT2D eigenvalue weighted by Gasteiger charge is 2.37. The van der Waals surface area contributed by atoms with E-state index in [-0.39, 0.29) is 23.0 Å². The van der Waals surface area contributed by atoms with Crippen molar-refractivity contribution in [3.8, 4) is 0 Å². The first-order chi connectivity index (χ1) is 18.3. The van der Waals surface area contributed by atoms with Crippen LogP contribution in [0.2, 0.25) is 5.02 Å². The van der Waals surface area contributed by atoms with Crippen molar-refractivity contribution in [2.45, 2.75) is 22.8 Å². The van der Waals surface area contributed by atoms with Gasteiger partial charge < -0.3 is 4.90 Å². The Labute approximate surface area is 231 Å². The third-order valence-electron chi connectivity index (χ3n) is 6.17. The molecular weight excluding hydrogens is 546 g/mol. The van der Waals surface area contributed by atoms with Gasteiger partial charge in [0, 0.05) is 29.1 Å². The van der Waals surface area contributed by atoms with E-state index in [2.05, 4.69) is 0 Å². The van der Waals surface area contributed by atoms with E-state index in [4.69, 9.17) is 11.6 Å². The predicted molar refractivity (Wildman–Crippen MR) is 147 cm³/mol. The molecule has 1 fully saturated rings. The van der Waals surface area contributed by atoms with Crippen LogP contribution in [0.4, 0.5) is 10.5 Å². The van der Waals surface area contributed by atoms with Crippen LogP contribution in [0.3, 0.4) is 0 Å². The van der Waals surface area contributed by atoms with Crippen molar-refractivity contribution in [2.24, 2.45) is 0 Å². The molecule has 2 aliphatic rings. The van der Waals surface area contributed by atoms with Gasteiger partial charge in [0.25, 0.3) is 16.8 Å². The zero-order valence-electron chi connectivity index (χ0n) is 19.8. The van der Waals surface area contributed by atoms with E-state index >= 15 is 0 Å². The predicted octanol–water partition coefficient (Wildman–Crippen LogP) is 6.02. The second kappa shape index (κ2) is 11.0. The van der Waals surface area contributed by atoms with Gasteiger partial charge in [-0.15, -0.1) is 0 Å². The van der Waals surface area contributed by atoms with Gasteiger partial charge in [0.15, 0.2) is 0 Å². The van der Waals surface area contributed by atoms with Gasteiger partial charge in [-0.05, 0) is 71.3 Å². The SMILES string of the molecule is O=C(CN1C(=O)SC(=Cc2ccc(Sc3ccc(Cl)cc3)c([N+](=O)[O-])c2)C1=O)N1CCc2ccccc2C1. The van der Waals surface area contributed by atoms with Crippen molar-refractivity contribution in [1.82, 2.24) is 9.80 Å². The highest BCUT2D eigenvalue weighted by atomic mass is 35.5. The summed E-state index contributed by atoms with van der Waals surface area (Å²) in [5.41, 5.74) is 2.53. The number of hydrogen-bond acceptors (Lipinski definition) is 7. The number of hydrogen-bond donors (Lipinski definition) is 0. The smallest absolute Gasteiger partial charge is 0.294 e. The molecule has 38 heavy (non-hydrogen) atoms. The van der Waals surface area contributed by atoms with Crippen molar-refractivity contribution >= 4 is 63.9 Å². The number of carbonyl (C=O) groups is 3. The van der Waals surface area contributed by atoms with Crippen LogP contribution in [0, 0.1) is 10.1 Å². The maximum atomic E-state index is 13.0. The monoisotopic (exact) mass is 565 g/mol. The van der Waals surface area contributed by atoms with Crippen LogP contribution < -0.4 is 0 Å². The van der Waals surface area contributed by atoms with E-state index in [0.29, 0.717) is 40.3 Å². The molecule has 0 radical (unpaired) electrons. The van der Waals surface area contributed by atoms with E-state index in [1.807, 2.05) is 24.3 Å². The second-order valence-corrected chi connectivity index (χ2v) is 11.2. The summed E-state index contributed by atoms with van der Waals surface area (Å²) in [4.78, 5) is 53.7. The van der Waals surface area contributed by atoms with E-state index in [1.165, 1.54) is 29.5 Å². The molecule has 0 N–H and O–H groups in total. The van der Waals surface area contributed by atoms with Crippen LogP contribution in [0.1, 0.15) is 16.7 Å². The molecule has 0 aromatic heterocycles. The Morgan fingerprint density at radius 1 is 1.08 bits per heavy atom. The number of nitro benzene ring substituents is 1. The fourth-order valence-corrected chi connectivity index (χ4v) is 6.08. The molecule has 3 aromatic rings. The molecule has 0 unspecified atom stereocenters. The summed E-state index contributed by atoms with van der Waals surface area (Å²) in [7, 11) is 0. The number of nitrogens with zero attached hydrogens (tertiary/aromatic N) is 3. The average molecular weight is 566 g/mol. The normalized spacial score (nSPS) is 16.2. The molecule has 11 heteroatoms. The first-order valence-electron chi connectivity index (χ1n) is 11.6. The molecule has 8 nitrogen and oxygen atoms in total. The maximum Gasteiger partial charge on any atom is 0.294 e. The Kier molecular flexibility index (Phi) is 7.55. The van der Waals surface area contributed by atoms with Crippen LogP contribution in [-0.4, -0.2) is 44.9 Å². The minimum atomic E-state index is -0.590. The summed E-state index contributed by atoms with van der Waals surface area (Å²) in [5.74, 6) is -0.893. The average Bonchev–Trinajstić information content (AvgIpc) is 3.17. The van der Waals surface area contributed by atoms with E-state index in [1.54, 1.807) is 41.3 Å². The minimum Gasteiger partial charge on any atom is -0.336 e. The largest absolute Gasteiger partial charge is 0.336 e. The number of halogens is 1. The Balaban J connectivity index is 1.30. The Hall–Kier alpha value is -3.60. The number of thioether (sulfide) groups is 1. The molecular formula is C27H20ClN3O5S2. The molecule has 1 saturated heterocycles. The highest BCUT2D eigenvalue weighted by Crippen LogP contribution is 2.38. The van der Waals surface area contributed by atoms with E-state index < -0.39 is 16.1 Å². The summed E-state index contributed by atoms with van der Waals surface area (Å²) < 4.78 is 0. The lowest BCUT2D eigenvalue weighted by Crippen LogP contribution is -2.44. The van der Waals surface area contributed by atoms with Crippen LogP contribution in [0.5, 0.6) is 0 Å². The third-order valence-corrected chi connectivity index (χ3v) is 8.40. The molecule has 3 aromatic carbocycles. The zero-order valence-corrected chi connectivity index (χ0v) is 22.2. The molecule has 192 valence electrons. The number of rotatable bonds is 6. The number of nitro groups is 1. The number of carbonyl (C=O) groups excluding carboxylic acids is 3. The van der Waals surface area contributed by atoms with E-state index in [9.17, 15) is 24.5 Å². The zero-order chi connectivity index (χ0) is 26.8. The van der Waals surface area contributed by atoms with Crippen molar-refractivity contribution in [1.29, 1.82) is 0 Å². The molecule has 0 aliphatic carbocycles. The van der Waals surface area contributed by atoms with Crippen molar-refractivity contribution in [3.05, 3.63) is 103 Å². The van der Waals surface area contributed by atoms with E-state index in [0.717, 1.165) is 21.8 Å². The lowest BCUT2D eigenvalue weighted by Gasteiger charge is -2.29. The fourth-order valence-electron chi connectivity index (χ4n) is 4.21. The summed E-state index contributed by atoms with van der Waals surface area (Å²) in [6.07, 6.45) is 2.16. The number of benzene rings is 3. The van der Waals surface area contributed by atoms with Crippen molar-refractivity contribution in [2.75, 3.05) is 13.1 Å². The standard InChI is InChI=1S/C27H20ClN3O5S2/c28-20-6-8-21(9-7-20)37-23-10-5-17(13-22(23)31(35)36)14-24-26(33)30(27(34)38-24)16-25(32)29-12-11-18-3-1-2-4-19(18)15-29/h1-10,13-14H,11-12,15-16H2. The lowest BCUT2D eigenvalue weighted by molar-refractivity contribution is -0.387. The Morgan fingerprint density at radius 2 is 1.82 bits per heavy atom. The van der Waals surface area contributed by atoms with Crippen LogP contribution in [0.25, 0.3) is 6.08 Å². The molecule has 0 saturated carbocycles. The van der Waals surface area contributed by atoms with Gasteiger partial charge >= 0.3 is 0 Å². The Morgan fingerprint density at radius 3 is 2.55 bits per heavy atom. The maximum absolute atomic E-state index is 13.0. The lowest BCUT2D eigenvalue weighted by atomic mass is 10.00. The van der Waals surface area contributed by atoms with Gasteiger partial charge in [0.2, 0.25) is 5.91 Å². The molecule has 5 rings (SSSR count). The van der Waals surface area contributed by atoms with Gasteiger partial charge in [-0.1, -0.05) is 53.7 Å². The van der Waals surface area contributed by atoms with Gasteiger partial charge in [-0.2, -0.15) is 0 Å². The summed E-state index contributed by atoms with van der Waals surface area (Å²) in [5, 5.41) is 11.8. The highest BCUT2D eigenvalue weighted by molar-refractivity contribution is 8.18. The van der Waals surface area contributed by atoms with Crippen LogP contribution in [0.15, 0.2) is 81.4 Å². The fraction of sp³-hybridized carbons (Fsp3) is 0.148. The first kappa shape index (κ1) is 26.0. The molecule has 2 aliphatic heterocycles. The van der Waals surface area contributed by atoms with Gasteiger partial charge in [-0.3, -0.25) is 29.4 Å². The molecule has 0 spiro atoms. The first-order valence-corrected chi connectivity index (χ1v) is 13.6. The molecule has 0 atom stereocenters. The molecule has 2 heterocycles. The third kappa shape index (κ3) is 5.62. The Bertz CT molecular complexity index is 1490. The summed E-state index contributed by atoms with van der Waals surface area (Å²) in [6.45, 7) is 0.609. The second-order valence-electron chi connectivity index (χ2n) is 8.64. The topological polar surface area (TPSA) is 101 Å². The quantitative estimate of drug-likeness (QED) is 0.204. The molecule has 3 amide bonds. The summed E-state index contributed by atoms with van der Waals surface area (Å²) >= 11 is 7.85. The van der Waals surface area contributed by atoms with Gasteiger partial charge in [0.1, 0.15) is 6.54 Å². The van der Waals surface area contributed by atoms with Crippen molar-refractivity contribution in [3.63, 3.8) is 0 Å². The van der Waals surface area contributed by atoms with Gasteiger partial charge in [0.05, 0.1) is 14.7 Å². The number of amides is 3.